The summed E-state index contributed by atoms with van der Waals surface area (Å²) in [7, 11) is 0. The first kappa shape index (κ1) is 20.2. The number of anilines is 2. The molecule has 4 atom stereocenters. The minimum absolute atomic E-state index is 0.139. The first-order valence-electron chi connectivity index (χ1n) is 11.7. The monoisotopic (exact) mass is 471 g/mol. The van der Waals surface area contributed by atoms with E-state index in [9.17, 15) is 14.4 Å². The van der Waals surface area contributed by atoms with Crippen LogP contribution in [-0.2, 0) is 19.9 Å². The van der Waals surface area contributed by atoms with Crippen molar-refractivity contribution in [2.24, 2.45) is 11.8 Å². The van der Waals surface area contributed by atoms with E-state index in [1.165, 1.54) is 4.90 Å². The molecule has 4 aliphatic heterocycles. The average Bonchev–Trinajstić information content (AvgIpc) is 3.55. The van der Waals surface area contributed by atoms with Gasteiger partial charge in [-0.3, -0.25) is 19.3 Å². The van der Waals surface area contributed by atoms with Gasteiger partial charge in [0.05, 0.1) is 23.2 Å². The van der Waals surface area contributed by atoms with Crippen molar-refractivity contribution in [2.45, 2.75) is 31.3 Å². The maximum absolute atomic E-state index is 14.1. The number of fused-ring (bicyclic) bond motifs is 8. The molecule has 170 valence electrons. The number of amides is 3. The van der Waals surface area contributed by atoms with Gasteiger partial charge in [0.1, 0.15) is 5.54 Å². The van der Waals surface area contributed by atoms with Crippen LogP contribution in [0.15, 0.2) is 54.6 Å². The molecule has 4 aliphatic rings. The molecule has 6 nitrogen and oxygen atoms in total. The zero-order valence-electron chi connectivity index (χ0n) is 18.5. The standard InChI is InChI=1S/C27H22ClN3O3/c1-14-19(28)11-10-18-23(14)29-26(34)27(18)22-21(20-7-4-12-30(20)27)24(32)31(25(22)33)17-9-8-15-5-2-3-6-16(15)13-17/h2-3,5-6,8-11,13,20-22H,4,7,12H2,1H3,(H,29,34)/t20-,21+,22-,27+/m0/s1. The zero-order chi connectivity index (χ0) is 23.4. The summed E-state index contributed by atoms with van der Waals surface area (Å²) in [5.41, 5.74) is 1.60. The summed E-state index contributed by atoms with van der Waals surface area (Å²) < 4.78 is 0. The summed E-state index contributed by atoms with van der Waals surface area (Å²) >= 11 is 6.37. The van der Waals surface area contributed by atoms with Gasteiger partial charge in [-0.1, -0.05) is 48.0 Å². The average molecular weight is 472 g/mol. The van der Waals surface area contributed by atoms with Gasteiger partial charge in [-0.05, 0) is 60.8 Å². The second-order valence-electron chi connectivity index (χ2n) is 9.77. The highest BCUT2D eigenvalue weighted by atomic mass is 35.5. The van der Waals surface area contributed by atoms with E-state index in [1.54, 1.807) is 6.07 Å². The molecule has 0 aliphatic carbocycles. The van der Waals surface area contributed by atoms with Crippen LogP contribution in [0.1, 0.15) is 24.0 Å². The van der Waals surface area contributed by atoms with Crippen LogP contribution in [0.4, 0.5) is 11.4 Å². The first-order valence-corrected chi connectivity index (χ1v) is 12.1. The van der Waals surface area contributed by atoms with Gasteiger partial charge in [-0.15, -0.1) is 0 Å². The van der Waals surface area contributed by atoms with Gasteiger partial charge < -0.3 is 5.32 Å². The third kappa shape index (κ3) is 2.23. The molecule has 34 heavy (non-hydrogen) atoms. The van der Waals surface area contributed by atoms with Gasteiger partial charge in [0.15, 0.2) is 0 Å². The predicted octanol–water partition coefficient (Wildman–Crippen LogP) is 4.23. The molecule has 0 bridgehead atoms. The van der Waals surface area contributed by atoms with Crippen LogP contribution in [0, 0.1) is 18.8 Å². The van der Waals surface area contributed by atoms with Crippen molar-refractivity contribution in [2.75, 3.05) is 16.8 Å². The van der Waals surface area contributed by atoms with E-state index in [-0.39, 0.29) is 23.8 Å². The molecule has 1 spiro atoms. The SMILES string of the molecule is Cc1c(Cl)ccc2c1NC(=O)[C@]21[C@@H]2C(=O)N(c3ccc4ccccc4c3)C(=O)[C@@H]2[C@@H]2CCCN21. The Morgan fingerprint density at radius 3 is 2.62 bits per heavy atom. The number of halogens is 1. The van der Waals surface area contributed by atoms with Crippen molar-refractivity contribution in [3.05, 3.63) is 70.7 Å². The second kappa shape index (κ2) is 6.68. The van der Waals surface area contributed by atoms with Gasteiger partial charge in [0, 0.05) is 16.6 Å². The predicted molar refractivity (Wildman–Crippen MR) is 130 cm³/mol. The number of imide groups is 1. The molecule has 3 saturated heterocycles. The lowest BCUT2D eigenvalue weighted by Gasteiger charge is -2.36. The number of benzene rings is 3. The highest BCUT2D eigenvalue weighted by molar-refractivity contribution is 6.32. The topological polar surface area (TPSA) is 69.7 Å². The van der Waals surface area contributed by atoms with E-state index in [2.05, 4.69) is 10.2 Å². The number of rotatable bonds is 1. The summed E-state index contributed by atoms with van der Waals surface area (Å²) in [6, 6.07) is 17.0. The fourth-order valence-corrected chi connectivity index (χ4v) is 7.12. The maximum atomic E-state index is 14.1. The molecule has 3 aromatic rings. The van der Waals surface area contributed by atoms with Crippen LogP contribution < -0.4 is 10.2 Å². The van der Waals surface area contributed by atoms with Gasteiger partial charge in [-0.25, -0.2) is 4.90 Å². The highest BCUT2D eigenvalue weighted by Gasteiger charge is 2.74. The van der Waals surface area contributed by atoms with Crippen molar-refractivity contribution in [1.29, 1.82) is 0 Å². The summed E-state index contributed by atoms with van der Waals surface area (Å²) in [6.45, 7) is 2.56. The van der Waals surface area contributed by atoms with Gasteiger partial charge in [0.25, 0.3) is 0 Å². The molecule has 0 aromatic heterocycles. The van der Waals surface area contributed by atoms with Crippen molar-refractivity contribution >= 4 is 51.5 Å². The van der Waals surface area contributed by atoms with Crippen LogP contribution in [0.3, 0.4) is 0 Å². The summed E-state index contributed by atoms with van der Waals surface area (Å²) in [5.74, 6) is -2.04. The van der Waals surface area contributed by atoms with E-state index in [0.29, 0.717) is 22.9 Å². The number of carbonyl (C=O) groups excluding carboxylic acids is 3. The largest absolute Gasteiger partial charge is 0.324 e. The van der Waals surface area contributed by atoms with Crippen molar-refractivity contribution in [3.8, 4) is 0 Å². The molecular formula is C27H22ClN3O3. The Morgan fingerprint density at radius 2 is 1.79 bits per heavy atom. The third-order valence-electron chi connectivity index (χ3n) is 8.35. The Kier molecular flexibility index (Phi) is 3.96. The minimum atomic E-state index is -1.19. The number of carbonyl (C=O) groups is 3. The Morgan fingerprint density at radius 1 is 1.00 bits per heavy atom. The van der Waals surface area contributed by atoms with Gasteiger partial charge in [-0.2, -0.15) is 0 Å². The lowest BCUT2D eigenvalue weighted by molar-refractivity contribution is -0.135. The third-order valence-corrected chi connectivity index (χ3v) is 8.76. The number of nitrogens with zero attached hydrogens (tertiary/aromatic N) is 2. The van der Waals surface area contributed by atoms with Gasteiger partial charge >= 0.3 is 0 Å². The molecule has 3 aromatic carbocycles. The Hall–Kier alpha value is -3.22. The van der Waals surface area contributed by atoms with Crippen LogP contribution >= 0.6 is 11.6 Å². The van der Waals surface area contributed by atoms with Crippen LogP contribution in [0.25, 0.3) is 10.8 Å². The van der Waals surface area contributed by atoms with Crippen LogP contribution in [0.5, 0.6) is 0 Å². The molecule has 1 N–H and O–H groups in total. The van der Waals surface area contributed by atoms with E-state index >= 15 is 0 Å². The molecule has 0 radical (unpaired) electrons. The fraction of sp³-hybridized carbons (Fsp3) is 0.296. The fourth-order valence-electron chi connectivity index (χ4n) is 6.96. The van der Waals surface area contributed by atoms with Crippen LogP contribution in [0.2, 0.25) is 5.02 Å². The molecule has 3 fully saturated rings. The normalized spacial score (nSPS) is 29.8. The van der Waals surface area contributed by atoms with Crippen LogP contribution in [-0.4, -0.2) is 35.2 Å². The van der Waals surface area contributed by atoms with E-state index in [4.69, 9.17) is 11.6 Å². The summed E-state index contributed by atoms with van der Waals surface area (Å²) in [4.78, 5) is 45.2. The molecule has 7 heteroatoms. The Bertz CT molecular complexity index is 1450. The van der Waals surface area contributed by atoms with Gasteiger partial charge in [0.2, 0.25) is 17.7 Å². The molecule has 4 heterocycles. The molecule has 0 unspecified atom stereocenters. The number of hydrogen-bond donors (Lipinski definition) is 1. The lowest BCUT2D eigenvalue weighted by Crippen LogP contribution is -2.54. The second-order valence-corrected chi connectivity index (χ2v) is 10.2. The number of nitrogens with one attached hydrogen (secondary N) is 1. The maximum Gasteiger partial charge on any atom is 0.250 e. The quantitative estimate of drug-likeness (QED) is 0.539. The highest BCUT2D eigenvalue weighted by Crippen LogP contribution is 2.61. The molecule has 3 amide bonds. The summed E-state index contributed by atoms with van der Waals surface area (Å²) in [5, 5.41) is 5.60. The molecular weight excluding hydrogens is 450 g/mol. The Labute approximate surface area is 201 Å². The number of hydrogen-bond acceptors (Lipinski definition) is 4. The van der Waals surface area contributed by atoms with E-state index in [0.717, 1.165) is 34.7 Å². The smallest absolute Gasteiger partial charge is 0.250 e. The van der Waals surface area contributed by atoms with Crippen molar-refractivity contribution in [1.82, 2.24) is 4.90 Å². The molecule has 7 rings (SSSR count). The minimum Gasteiger partial charge on any atom is -0.324 e. The lowest BCUT2D eigenvalue weighted by atomic mass is 9.75. The van der Waals surface area contributed by atoms with E-state index in [1.807, 2.05) is 55.5 Å². The zero-order valence-corrected chi connectivity index (χ0v) is 19.3. The molecule has 0 saturated carbocycles. The Balaban J connectivity index is 1.42. The summed E-state index contributed by atoms with van der Waals surface area (Å²) in [6.07, 6.45) is 1.69. The van der Waals surface area contributed by atoms with Crippen molar-refractivity contribution in [3.63, 3.8) is 0 Å². The van der Waals surface area contributed by atoms with E-state index < -0.39 is 17.4 Å². The first-order chi connectivity index (χ1) is 16.4. The van der Waals surface area contributed by atoms with Crippen molar-refractivity contribution < 1.29 is 14.4 Å².